The number of hydrogen-bond acceptors (Lipinski definition) is 8. The van der Waals surface area contributed by atoms with E-state index in [4.69, 9.17) is 13.8 Å². The number of phosphoric acid groups is 1. The van der Waals surface area contributed by atoms with Crippen molar-refractivity contribution in [3.63, 3.8) is 0 Å². The van der Waals surface area contributed by atoms with E-state index in [1.54, 1.807) is 0 Å². The molecule has 4 N–H and O–H groups in total. The fourth-order valence-corrected chi connectivity index (χ4v) is 7.76. The molecule has 0 aromatic rings. The number of carbonyl (C=O) groups excluding carboxylic acids is 2. The first kappa shape index (κ1) is 59.7. The van der Waals surface area contributed by atoms with Crippen LogP contribution in [-0.4, -0.2) is 64.9 Å². The monoisotopic (exact) mass is 898 g/mol. The number of carbonyl (C=O) groups is 3. The molecule has 0 aromatic heterocycles. The van der Waals surface area contributed by atoms with Gasteiger partial charge in [0.05, 0.1) is 13.2 Å². The first-order chi connectivity index (χ1) is 30.1. The third-order valence-electron chi connectivity index (χ3n) is 10.9. The highest BCUT2D eigenvalue weighted by Gasteiger charge is 2.28. The minimum Gasteiger partial charge on any atom is -0.480 e. The van der Waals surface area contributed by atoms with Crippen LogP contribution < -0.4 is 5.32 Å². The molecule has 0 saturated heterocycles. The lowest BCUT2D eigenvalue weighted by molar-refractivity contribution is -0.147. The highest BCUT2D eigenvalue weighted by atomic mass is 31.2. The van der Waals surface area contributed by atoms with Gasteiger partial charge in [-0.2, -0.15) is 0 Å². The molecule has 0 aromatic carbocycles. The summed E-state index contributed by atoms with van der Waals surface area (Å²) in [6.07, 6.45) is 50.2. The Morgan fingerprint density at radius 1 is 0.516 bits per heavy atom. The van der Waals surface area contributed by atoms with E-state index in [9.17, 15) is 34.1 Å². The standard InChI is InChI=1S/C50H92NO10P/c1-3-5-7-9-11-13-15-17-19-20-21-22-23-24-25-26-28-30-32-34-36-38-40-42-49(54)59-43-46(52)44-60-62(57,58)61-45-47(50(55)56)51-48(53)41-39-37-35-33-31-29-27-18-16-14-12-10-8-6-4-2/h11,13,17-19,27,46-47,52H,3-10,12,14-16,20-26,28-45H2,1-2H3,(H,51,53)(H,55,56)(H,57,58)/b13-11-,19-17-,27-18-. The zero-order valence-electron chi connectivity index (χ0n) is 39.4. The van der Waals surface area contributed by atoms with Gasteiger partial charge in [0.1, 0.15) is 12.7 Å². The highest BCUT2D eigenvalue weighted by Crippen LogP contribution is 2.43. The Kier molecular flexibility index (Phi) is 43.6. The Morgan fingerprint density at radius 2 is 0.887 bits per heavy atom. The van der Waals surface area contributed by atoms with Gasteiger partial charge < -0.3 is 25.2 Å². The summed E-state index contributed by atoms with van der Waals surface area (Å²) in [5, 5.41) is 21.9. The molecule has 0 fully saturated rings. The van der Waals surface area contributed by atoms with Gasteiger partial charge in [-0.15, -0.1) is 0 Å². The minimum absolute atomic E-state index is 0.137. The zero-order valence-corrected chi connectivity index (χ0v) is 40.3. The SMILES string of the molecule is CCCCC/C=C\C/C=C\CCCCCCCCCCCCCCCC(=O)OCC(O)COP(=O)(O)OCC(NC(=O)CCCCCCC/C=C\CCCCCCCC)C(=O)O. The number of ether oxygens (including phenoxy) is 1. The second-order valence-electron chi connectivity index (χ2n) is 17.0. The van der Waals surface area contributed by atoms with E-state index in [2.05, 4.69) is 55.6 Å². The van der Waals surface area contributed by atoms with Crippen molar-refractivity contribution < 1.29 is 47.8 Å². The van der Waals surface area contributed by atoms with Gasteiger partial charge in [-0.25, -0.2) is 9.36 Å². The van der Waals surface area contributed by atoms with Crippen molar-refractivity contribution in [1.29, 1.82) is 0 Å². The molecule has 0 bridgehead atoms. The topological polar surface area (TPSA) is 169 Å². The fourth-order valence-electron chi connectivity index (χ4n) is 6.99. The van der Waals surface area contributed by atoms with Crippen molar-refractivity contribution in [3.8, 4) is 0 Å². The number of esters is 1. The maximum Gasteiger partial charge on any atom is 0.472 e. The van der Waals surface area contributed by atoms with Crippen molar-refractivity contribution in [1.82, 2.24) is 5.32 Å². The molecule has 362 valence electrons. The van der Waals surface area contributed by atoms with Crippen LogP contribution in [0.2, 0.25) is 0 Å². The van der Waals surface area contributed by atoms with Crippen LogP contribution in [0.25, 0.3) is 0 Å². The Bertz CT molecular complexity index is 1190. The summed E-state index contributed by atoms with van der Waals surface area (Å²) in [7, 11) is -4.76. The molecule has 12 heteroatoms. The van der Waals surface area contributed by atoms with Crippen LogP contribution in [0.1, 0.15) is 232 Å². The number of carboxylic acid groups (broad SMARTS) is 1. The van der Waals surface area contributed by atoms with Crippen molar-refractivity contribution in [3.05, 3.63) is 36.5 Å². The van der Waals surface area contributed by atoms with Gasteiger partial charge in [0.15, 0.2) is 6.04 Å². The predicted molar refractivity (Wildman–Crippen MR) is 254 cm³/mol. The molecular formula is C50H92NO10P. The fraction of sp³-hybridized carbons (Fsp3) is 0.820. The molecule has 0 spiro atoms. The quantitative estimate of drug-likeness (QED) is 0.0200. The van der Waals surface area contributed by atoms with E-state index in [1.807, 2.05) is 0 Å². The molecule has 1 amide bonds. The number of phosphoric ester groups is 1. The summed E-state index contributed by atoms with van der Waals surface area (Å²) in [5.41, 5.74) is 0. The van der Waals surface area contributed by atoms with E-state index in [0.717, 1.165) is 64.2 Å². The van der Waals surface area contributed by atoms with E-state index in [1.165, 1.54) is 128 Å². The Labute approximate surface area is 378 Å². The molecule has 0 heterocycles. The lowest BCUT2D eigenvalue weighted by Crippen LogP contribution is -2.43. The number of hydrogen-bond donors (Lipinski definition) is 4. The summed E-state index contributed by atoms with van der Waals surface area (Å²) in [4.78, 5) is 46.0. The molecule has 0 rings (SSSR count). The van der Waals surface area contributed by atoms with E-state index in [0.29, 0.717) is 12.8 Å². The average Bonchev–Trinajstić information content (AvgIpc) is 3.25. The summed E-state index contributed by atoms with van der Waals surface area (Å²) in [6, 6.07) is -1.55. The molecule has 62 heavy (non-hydrogen) atoms. The molecule has 11 nitrogen and oxygen atoms in total. The molecule has 0 saturated carbocycles. The number of aliphatic hydroxyl groups is 1. The summed E-state index contributed by atoms with van der Waals surface area (Å²) >= 11 is 0. The Balaban J connectivity index is 3.80. The minimum atomic E-state index is -4.76. The maximum absolute atomic E-state index is 12.3. The van der Waals surface area contributed by atoms with Gasteiger partial charge in [-0.05, 0) is 70.6 Å². The van der Waals surface area contributed by atoms with Gasteiger partial charge in [0.2, 0.25) is 5.91 Å². The van der Waals surface area contributed by atoms with Crippen LogP contribution in [0.5, 0.6) is 0 Å². The predicted octanol–water partition coefficient (Wildman–Crippen LogP) is 13.6. The number of rotatable bonds is 47. The van der Waals surface area contributed by atoms with Crippen LogP contribution in [0.15, 0.2) is 36.5 Å². The largest absolute Gasteiger partial charge is 0.480 e. The molecule has 3 atom stereocenters. The molecule has 0 radical (unpaired) electrons. The molecule has 3 unspecified atom stereocenters. The van der Waals surface area contributed by atoms with Crippen LogP contribution >= 0.6 is 7.82 Å². The van der Waals surface area contributed by atoms with Crippen LogP contribution in [0.3, 0.4) is 0 Å². The normalized spacial score (nSPS) is 13.9. The highest BCUT2D eigenvalue weighted by molar-refractivity contribution is 7.47. The number of carboxylic acids is 1. The van der Waals surface area contributed by atoms with Crippen LogP contribution in [0, 0.1) is 0 Å². The smallest absolute Gasteiger partial charge is 0.472 e. The molecule has 0 aliphatic rings. The first-order valence-electron chi connectivity index (χ1n) is 25.0. The third-order valence-corrected chi connectivity index (χ3v) is 11.9. The van der Waals surface area contributed by atoms with Crippen LogP contribution in [-0.2, 0) is 32.7 Å². The van der Waals surface area contributed by atoms with E-state index >= 15 is 0 Å². The van der Waals surface area contributed by atoms with Crippen molar-refractivity contribution in [2.24, 2.45) is 0 Å². The lowest BCUT2D eigenvalue weighted by Gasteiger charge is -2.18. The Morgan fingerprint density at radius 3 is 1.35 bits per heavy atom. The number of nitrogens with one attached hydrogen (secondary N) is 1. The summed E-state index contributed by atoms with van der Waals surface area (Å²) < 4.78 is 26.9. The van der Waals surface area contributed by atoms with Crippen molar-refractivity contribution in [2.75, 3.05) is 19.8 Å². The number of unbranched alkanes of at least 4 members (excludes halogenated alkanes) is 27. The molecule has 0 aliphatic heterocycles. The average molecular weight is 898 g/mol. The number of aliphatic hydroxyl groups excluding tert-OH is 1. The zero-order chi connectivity index (χ0) is 45.6. The van der Waals surface area contributed by atoms with E-state index in [-0.39, 0.29) is 12.8 Å². The number of allylic oxidation sites excluding steroid dienone is 6. The second-order valence-corrected chi connectivity index (χ2v) is 18.5. The number of amides is 1. The Hall–Kier alpha value is -2.30. The van der Waals surface area contributed by atoms with Crippen molar-refractivity contribution in [2.45, 2.75) is 244 Å². The van der Waals surface area contributed by atoms with E-state index < -0.39 is 57.6 Å². The third kappa shape index (κ3) is 44.3. The summed E-state index contributed by atoms with van der Waals surface area (Å²) in [6.45, 7) is 2.58. The van der Waals surface area contributed by atoms with Gasteiger partial charge in [0, 0.05) is 12.8 Å². The van der Waals surface area contributed by atoms with Gasteiger partial charge >= 0.3 is 19.8 Å². The van der Waals surface area contributed by atoms with Gasteiger partial charge in [0.25, 0.3) is 0 Å². The maximum atomic E-state index is 12.3. The van der Waals surface area contributed by atoms with Gasteiger partial charge in [-0.1, -0.05) is 185 Å². The second kappa shape index (κ2) is 45.3. The van der Waals surface area contributed by atoms with Gasteiger partial charge in [-0.3, -0.25) is 18.6 Å². The number of aliphatic carboxylic acids is 1. The first-order valence-corrected chi connectivity index (χ1v) is 26.5. The summed E-state index contributed by atoms with van der Waals surface area (Å²) in [5.74, 6) is -2.38. The lowest BCUT2D eigenvalue weighted by atomic mass is 10.0. The molecular weight excluding hydrogens is 806 g/mol. The van der Waals surface area contributed by atoms with Crippen molar-refractivity contribution >= 4 is 25.7 Å². The van der Waals surface area contributed by atoms with Crippen LogP contribution in [0.4, 0.5) is 0 Å². The molecule has 0 aliphatic carbocycles.